The molecule has 0 aliphatic carbocycles. The second-order valence-corrected chi connectivity index (χ2v) is 6.00. The van der Waals surface area contributed by atoms with Crippen LogP contribution in [0.4, 0.5) is 0 Å². The summed E-state index contributed by atoms with van der Waals surface area (Å²) in [4.78, 5) is 4.72. The summed E-state index contributed by atoms with van der Waals surface area (Å²) >= 11 is 0. The molecule has 0 amide bonds. The van der Waals surface area contributed by atoms with Gasteiger partial charge in [-0.15, -0.1) is 0 Å². The van der Waals surface area contributed by atoms with E-state index in [-0.39, 0.29) is 0 Å². The van der Waals surface area contributed by atoms with Gasteiger partial charge in [0.25, 0.3) is 0 Å². The summed E-state index contributed by atoms with van der Waals surface area (Å²) in [6.07, 6.45) is 0. The molecule has 1 aliphatic rings. The van der Waals surface area contributed by atoms with E-state index in [0.717, 1.165) is 39.6 Å². The third kappa shape index (κ3) is 2.39. The Morgan fingerprint density at radius 3 is 2.27 bits per heavy atom. The van der Waals surface area contributed by atoms with E-state index >= 15 is 0 Å². The number of aromatic nitrogens is 1. The number of benzene rings is 1. The minimum atomic E-state index is 0.541. The molecule has 1 aliphatic heterocycles. The van der Waals surface area contributed by atoms with Gasteiger partial charge in [0.1, 0.15) is 0 Å². The molecule has 1 aromatic carbocycles. The van der Waals surface area contributed by atoms with E-state index in [1.807, 2.05) is 13.0 Å². The quantitative estimate of drug-likeness (QED) is 0.901. The van der Waals surface area contributed by atoms with Crippen molar-refractivity contribution in [3.05, 3.63) is 71.2 Å². The molecule has 0 spiro atoms. The van der Waals surface area contributed by atoms with Gasteiger partial charge in [-0.2, -0.15) is 0 Å². The first-order valence-electron chi connectivity index (χ1n) is 7.51. The molecule has 0 atom stereocenters. The summed E-state index contributed by atoms with van der Waals surface area (Å²) in [5.41, 5.74) is 13.8. The molecular weight excluding hydrogens is 270 g/mol. The van der Waals surface area contributed by atoms with Gasteiger partial charge in [-0.05, 0) is 30.5 Å². The summed E-state index contributed by atoms with van der Waals surface area (Å²) in [5, 5.41) is 3.15. The Hall–Kier alpha value is -2.55. The Morgan fingerprint density at radius 2 is 1.77 bits per heavy atom. The van der Waals surface area contributed by atoms with Crippen LogP contribution < -0.4 is 11.1 Å². The first kappa shape index (κ1) is 14.4. The van der Waals surface area contributed by atoms with Crippen molar-refractivity contribution in [1.82, 2.24) is 10.3 Å². The predicted octanol–water partition coefficient (Wildman–Crippen LogP) is 3.92. The number of hydrogen-bond acceptors (Lipinski definition) is 3. The van der Waals surface area contributed by atoms with Crippen molar-refractivity contribution < 1.29 is 0 Å². The summed E-state index contributed by atoms with van der Waals surface area (Å²) in [6, 6.07) is 12.7. The van der Waals surface area contributed by atoms with Gasteiger partial charge in [0.15, 0.2) is 0 Å². The zero-order valence-electron chi connectivity index (χ0n) is 13.3. The van der Waals surface area contributed by atoms with Crippen LogP contribution in [0.5, 0.6) is 0 Å². The summed E-state index contributed by atoms with van der Waals surface area (Å²) in [7, 11) is 0. The first-order valence-corrected chi connectivity index (χ1v) is 7.51. The van der Waals surface area contributed by atoms with E-state index in [2.05, 4.69) is 56.1 Å². The summed E-state index contributed by atoms with van der Waals surface area (Å²) < 4.78 is 0. The van der Waals surface area contributed by atoms with E-state index in [1.165, 1.54) is 5.56 Å². The molecular formula is C19H21N3. The van der Waals surface area contributed by atoms with Crippen molar-refractivity contribution in [2.24, 2.45) is 5.73 Å². The van der Waals surface area contributed by atoms with Crippen LogP contribution in [0.3, 0.4) is 0 Å². The van der Waals surface area contributed by atoms with Crippen LogP contribution in [0.25, 0.3) is 17.0 Å². The van der Waals surface area contributed by atoms with E-state index in [1.54, 1.807) is 0 Å². The fraction of sp³-hybridized carbons (Fsp3) is 0.211. The van der Waals surface area contributed by atoms with Crippen LogP contribution in [-0.4, -0.2) is 4.98 Å². The van der Waals surface area contributed by atoms with Gasteiger partial charge in [-0.3, -0.25) is 4.98 Å². The normalized spacial score (nSPS) is 14.1. The van der Waals surface area contributed by atoms with Gasteiger partial charge in [0, 0.05) is 16.8 Å². The lowest BCUT2D eigenvalue weighted by Gasteiger charge is -2.26. The number of nitrogens with two attached hydrogens (primary N) is 1. The molecule has 22 heavy (non-hydrogen) atoms. The zero-order valence-corrected chi connectivity index (χ0v) is 13.3. The summed E-state index contributed by atoms with van der Waals surface area (Å²) in [5.74, 6) is 0.541. The lowest BCUT2D eigenvalue weighted by molar-refractivity contribution is 0.867. The molecule has 0 unspecified atom stereocenters. The topological polar surface area (TPSA) is 50.9 Å². The monoisotopic (exact) mass is 291 g/mol. The standard InChI is InChI=1S/C19H21N3/c1-11(2)14-5-7-15(8-6-14)17-10-9-16(12(3)21-17)19-18(20)13(4)22-19/h5-11,22H,4,20H2,1-3H3. The second-order valence-electron chi connectivity index (χ2n) is 6.00. The Morgan fingerprint density at radius 1 is 1.09 bits per heavy atom. The van der Waals surface area contributed by atoms with E-state index in [0.29, 0.717) is 5.92 Å². The van der Waals surface area contributed by atoms with Crippen molar-refractivity contribution in [2.45, 2.75) is 26.7 Å². The molecule has 3 rings (SSSR count). The number of pyridine rings is 1. The predicted molar refractivity (Wildman–Crippen MR) is 91.9 cm³/mol. The molecule has 1 aromatic heterocycles. The molecule has 2 aromatic rings. The van der Waals surface area contributed by atoms with Crippen molar-refractivity contribution in [3.63, 3.8) is 0 Å². The Bertz CT molecular complexity index is 768. The minimum Gasteiger partial charge on any atom is -0.395 e. The lowest BCUT2D eigenvalue weighted by atomic mass is 9.99. The maximum Gasteiger partial charge on any atom is 0.0793 e. The van der Waals surface area contributed by atoms with Crippen LogP contribution in [0, 0.1) is 6.92 Å². The molecule has 0 saturated carbocycles. The number of nitrogens with one attached hydrogen (secondary N) is 1. The minimum absolute atomic E-state index is 0.541. The largest absolute Gasteiger partial charge is 0.395 e. The molecule has 3 heteroatoms. The Labute approximate surface area is 131 Å². The molecule has 112 valence electrons. The number of rotatable bonds is 3. The van der Waals surface area contributed by atoms with Gasteiger partial charge in [-0.25, -0.2) is 0 Å². The van der Waals surface area contributed by atoms with Gasteiger partial charge in [0.05, 0.1) is 22.8 Å². The molecule has 3 N–H and O–H groups in total. The molecule has 0 saturated heterocycles. The number of nitrogens with zero attached hydrogens (tertiary/aromatic N) is 1. The Kier molecular flexibility index (Phi) is 3.49. The average Bonchev–Trinajstić information content (AvgIpc) is 2.52. The first-order chi connectivity index (χ1) is 10.5. The third-order valence-electron chi connectivity index (χ3n) is 4.10. The highest BCUT2D eigenvalue weighted by Gasteiger charge is 2.21. The molecule has 0 fully saturated rings. The third-order valence-corrected chi connectivity index (χ3v) is 4.10. The van der Waals surface area contributed by atoms with Gasteiger partial charge in [0.2, 0.25) is 0 Å². The van der Waals surface area contributed by atoms with Crippen LogP contribution in [-0.2, 0) is 0 Å². The van der Waals surface area contributed by atoms with Crippen molar-refractivity contribution in [3.8, 4) is 11.3 Å². The van der Waals surface area contributed by atoms with Gasteiger partial charge >= 0.3 is 0 Å². The average molecular weight is 291 g/mol. The second kappa shape index (κ2) is 5.34. The molecule has 0 bridgehead atoms. The number of hydrogen-bond donors (Lipinski definition) is 2. The van der Waals surface area contributed by atoms with Gasteiger partial charge < -0.3 is 11.1 Å². The highest BCUT2D eigenvalue weighted by atomic mass is 15.0. The van der Waals surface area contributed by atoms with Crippen molar-refractivity contribution >= 4 is 5.70 Å². The smallest absolute Gasteiger partial charge is 0.0793 e. The fourth-order valence-electron chi connectivity index (χ4n) is 2.61. The maximum atomic E-state index is 5.95. The maximum absolute atomic E-state index is 5.95. The van der Waals surface area contributed by atoms with E-state index < -0.39 is 0 Å². The van der Waals surface area contributed by atoms with Crippen LogP contribution in [0.1, 0.15) is 36.6 Å². The van der Waals surface area contributed by atoms with Crippen molar-refractivity contribution in [1.29, 1.82) is 0 Å². The molecule has 2 heterocycles. The van der Waals surface area contributed by atoms with E-state index in [9.17, 15) is 0 Å². The van der Waals surface area contributed by atoms with Crippen LogP contribution in [0.15, 0.2) is 54.4 Å². The highest BCUT2D eigenvalue weighted by Crippen LogP contribution is 2.29. The highest BCUT2D eigenvalue weighted by molar-refractivity contribution is 5.80. The van der Waals surface area contributed by atoms with Crippen molar-refractivity contribution in [2.75, 3.05) is 0 Å². The molecule has 3 nitrogen and oxygen atoms in total. The van der Waals surface area contributed by atoms with Crippen LogP contribution >= 0.6 is 0 Å². The molecule has 0 radical (unpaired) electrons. The number of aryl methyl sites for hydroxylation is 1. The Balaban J connectivity index is 1.94. The summed E-state index contributed by atoms with van der Waals surface area (Å²) in [6.45, 7) is 10.2. The zero-order chi connectivity index (χ0) is 15.9. The van der Waals surface area contributed by atoms with Crippen LogP contribution in [0.2, 0.25) is 0 Å². The lowest BCUT2D eigenvalue weighted by Crippen LogP contribution is -2.30. The van der Waals surface area contributed by atoms with E-state index in [4.69, 9.17) is 10.7 Å². The van der Waals surface area contributed by atoms with Gasteiger partial charge in [-0.1, -0.05) is 44.7 Å². The SMILES string of the molecule is C=C1NC(c2ccc(-c3ccc(C(C)C)cc3)nc2C)=C1N. The fourth-order valence-corrected chi connectivity index (χ4v) is 2.61.